The summed E-state index contributed by atoms with van der Waals surface area (Å²) in [6, 6.07) is 6.48. The number of hydrogen-bond acceptors (Lipinski definition) is 6. The second-order valence-electron chi connectivity index (χ2n) is 6.58. The van der Waals surface area contributed by atoms with Crippen molar-refractivity contribution in [2.45, 2.75) is 31.7 Å². The summed E-state index contributed by atoms with van der Waals surface area (Å²) in [7, 11) is 1.92. The van der Waals surface area contributed by atoms with E-state index in [-0.39, 0.29) is 0 Å². The van der Waals surface area contributed by atoms with Gasteiger partial charge in [-0.2, -0.15) is 14.8 Å². The largest absolute Gasteiger partial charge is 0.351 e. The highest BCUT2D eigenvalue weighted by Gasteiger charge is 2.17. The molecule has 126 valence electrons. The van der Waals surface area contributed by atoms with Gasteiger partial charge < -0.3 is 5.32 Å². The molecule has 8 heteroatoms. The van der Waals surface area contributed by atoms with E-state index in [0.717, 1.165) is 16.6 Å². The van der Waals surface area contributed by atoms with E-state index in [9.17, 15) is 0 Å². The van der Waals surface area contributed by atoms with Gasteiger partial charge in [0.05, 0.1) is 17.4 Å². The molecule has 0 aliphatic heterocycles. The van der Waals surface area contributed by atoms with Crippen molar-refractivity contribution in [1.29, 1.82) is 0 Å². The Labute approximate surface area is 143 Å². The molecule has 1 saturated carbocycles. The van der Waals surface area contributed by atoms with E-state index in [1.807, 2.05) is 31.4 Å². The molecule has 0 amide bonds. The third-order valence-electron chi connectivity index (χ3n) is 4.73. The number of rotatable bonds is 3. The van der Waals surface area contributed by atoms with Gasteiger partial charge in [0.25, 0.3) is 0 Å². The van der Waals surface area contributed by atoms with Crippen LogP contribution in [0.15, 0.2) is 30.6 Å². The average molecular weight is 334 g/mol. The molecule has 3 aromatic heterocycles. The minimum absolute atomic E-state index is 0.466. The van der Waals surface area contributed by atoms with Gasteiger partial charge in [-0.15, -0.1) is 5.10 Å². The van der Waals surface area contributed by atoms with Gasteiger partial charge in [0.15, 0.2) is 11.2 Å². The van der Waals surface area contributed by atoms with Crippen molar-refractivity contribution in [3.63, 3.8) is 0 Å². The fourth-order valence-electron chi connectivity index (χ4n) is 3.49. The van der Waals surface area contributed by atoms with Crippen molar-refractivity contribution in [1.82, 2.24) is 34.7 Å². The zero-order chi connectivity index (χ0) is 16.8. The van der Waals surface area contributed by atoms with Crippen LogP contribution in [-0.4, -0.2) is 40.8 Å². The first-order chi connectivity index (χ1) is 12.3. The first kappa shape index (κ1) is 14.3. The van der Waals surface area contributed by atoms with Crippen molar-refractivity contribution in [2.24, 2.45) is 7.05 Å². The highest BCUT2D eigenvalue weighted by molar-refractivity contribution is 5.81. The van der Waals surface area contributed by atoms with Crippen molar-refractivity contribution >= 4 is 28.0 Å². The van der Waals surface area contributed by atoms with E-state index < -0.39 is 0 Å². The fraction of sp³-hybridized carbons (Fsp3) is 0.353. The molecular formula is C17H18N8. The Morgan fingerprint density at radius 2 is 2.04 bits per heavy atom. The van der Waals surface area contributed by atoms with Crippen LogP contribution in [0.5, 0.6) is 0 Å². The predicted molar refractivity (Wildman–Crippen MR) is 94.6 cm³/mol. The minimum atomic E-state index is 0.466. The third kappa shape index (κ3) is 2.50. The molecule has 25 heavy (non-hydrogen) atoms. The summed E-state index contributed by atoms with van der Waals surface area (Å²) in [5, 5.41) is 17.3. The normalized spacial score (nSPS) is 15.4. The number of aromatic nitrogens is 7. The molecule has 0 atom stereocenters. The molecule has 0 radical (unpaired) electrons. The fourth-order valence-corrected chi connectivity index (χ4v) is 3.49. The minimum Gasteiger partial charge on any atom is -0.351 e. The summed E-state index contributed by atoms with van der Waals surface area (Å²) in [6.45, 7) is 0. The molecule has 1 N–H and O–H groups in total. The summed E-state index contributed by atoms with van der Waals surface area (Å²) in [5.74, 6) is 0.644. The maximum Gasteiger partial charge on any atom is 0.225 e. The van der Waals surface area contributed by atoms with Crippen molar-refractivity contribution in [3.8, 4) is 5.69 Å². The molecule has 1 fully saturated rings. The lowest BCUT2D eigenvalue weighted by molar-refractivity contribution is 0.744. The Kier molecular flexibility index (Phi) is 3.16. The predicted octanol–water partition coefficient (Wildman–Crippen LogP) is 2.45. The van der Waals surface area contributed by atoms with Gasteiger partial charge >= 0.3 is 0 Å². The number of nitrogens with one attached hydrogen (secondary N) is 1. The zero-order valence-corrected chi connectivity index (χ0v) is 13.9. The maximum absolute atomic E-state index is 4.66. The van der Waals surface area contributed by atoms with Gasteiger partial charge in [0.1, 0.15) is 0 Å². The first-order valence-corrected chi connectivity index (χ1v) is 8.55. The van der Waals surface area contributed by atoms with Crippen LogP contribution in [-0.2, 0) is 7.05 Å². The Balaban J connectivity index is 1.56. The number of nitrogens with zero attached hydrogens (tertiary/aromatic N) is 7. The smallest absolute Gasteiger partial charge is 0.225 e. The molecular weight excluding hydrogens is 316 g/mol. The second-order valence-corrected chi connectivity index (χ2v) is 6.58. The Bertz CT molecular complexity index is 1060. The van der Waals surface area contributed by atoms with Crippen molar-refractivity contribution in [2.75, 3.05) is 5.32 Å². The Morgan fingerprint density at radius 3 is 2.92 bits per heavy atom. The Hall–Kier alpha value is -3.03. The molecule has 0 saturated heterocycles. The molecule has 3 heterocycles. The van der Waals surface area contributed by atoms with E-state index >= 15 is 0 Å². The Morgan fingerprint density at radius 1 is 1.16 bits per heavy atom. The van der Waals surface area contributed by atoms with Crippen LogP contribution in [0.2, 0.25) is 0 Å². The van der Waals surface area contributed by atoms with Gasteiger partial charge in [0, 0.05) is 24.7 Å². The lowest BCUT2D eigenvalue weighted by Crippen LogP contribution is -2.16. The number of fused-ring (bicyclic) bond motifs is 2. The molecule has 4 aromatic rings. The highest BCUT2D eigenvalue weighted by Crippen LogP contribution is 2.23. The quantitative estimate of drug-likeness (QED) is 0.619. The van der Waals surface area contributed by atoms with Crippen LogP contribution in [0.1, 0.15) is 25.7 Å². The number of benzene rings is 1. The molecule has 5 rings (SSSR count). The van der Waals surface area contributed by atoms with E-state index in [1.165, 1.54) is 25.7 Å². The maximum atomic E-state index is 4.66. The van der Waals surface area contributed by atoms with Crippen molar-refractivity contribution < 1.29 is 0 Å². The monoisotopic (exact) mass is 334 g/mol. The average Bonchev–Trinajstić information content (AvgIpc) is 3.32. The SMILES string of the molecule is Cn1cc2cc(-n3nnc4cnc(NC5CCCC5)nc43)ccc2n1. The second kappa shape index (κ2) is 5.51. The molecule has 8 nitrogen and oxygen atoms in total. The summed E-state index contributed by atoms with van der Waals surface area (Å²) in [4.78, 5) is 9.03. The first-order valence-electron chi connectivity index (χ1n) is 8.55. The number of hydrogen-bond donors (Lipinski definition) is 1. The van der Waals surface area contributed by atoms with Crippen LogP contribution in [0.25, 0.3) is 27.8 Å². The lowest BCUT2D eigenvalue weighted by Gasteiger charge is -2.11. The van der Waals surface area contributed by atoms with E-state index in [0.29, 0.717) is 23.2 Å². The standard InChI is InChI=1S/C17H18N8/c1-24-10-11-8-13(6-7-14(11)22-24)25-16-15(21-23-25)9-18-17(20-16)19-12-4-2-3-5-12/h6-10,12H,2-5H2,1H3,(H,18,19,20). The molecule has 0 spiro atoms. The molecule has 1 aromatic carbocycles. The molecule has 1 aliphatic rings. The third-order valence-corrected chi connectivity index (χ3v) is 4.73. The van der Waals surface area contributed by atoms with E-state index in [2.05, 4.69) is 30.7 Å². The van der Waals surface area contributed by atoms with E-state index in [1.54, 1.807) is 15.6 Å². The topological polar surface area (TPSA) is 86.3 Å². The molecule has 1 aliphatic carbocycles. The van der Waals surface area contributed by atoms with Crippen LogP contribution in [0.4, 0.5) is 5.95 Å². The van der Waals surface area contributed by atoms with Crippen LogP contribution >= 0.6 is 0 Å². The molecule has 0 bridgehead atoms. The summed E-state index contributed by atoms with van der Waals surface area (Å²) < 4.78 is 3.56. The molecule has 0 unspecified atom stereocenters. The van der Waals surface area contributed by atoms with Gasteiger partial charge in [-0.05, 0) is 31.0 Å². The van der Waals surface area contributed by atoms with Gasteiger partial charge in [-0.3, -0.25) is 4.68 Å². The summed E-state index contributed by atoms with van der Waals surface area (Å²) >= 11 is 0. The van der Waals surface area contributed by atoms with E-state index in [4.69, 9.17) is 0 Å². The van der Waals surface area contributed by atoms with Gasteiger partial charge in [-0.1, -0.05) is 18.1 Å². The number of aryl methyl sites for hydroxylation is 1. The highest BCUT2D eigenvalue weighted by atomic mass is 15.4. The zero-order valence-electron chi connectivity index (χ0n) is 13.9. The van der Waals surface area contributed by atoms with Gasteiger partial charge in [0.2, 0.25) is 5.95 Å². The van der Waals surface area contributed by atoms with Gasteiger partial charge in [-0.25, -0.2) is 4.98 Å². The van der Waals surface area contributed by atoms with Crippen LogP contribution in [0.3, 0.4) is 0 Å². The van der Waals surface area contributed by atoms with Crippen LogP contribution in [0, 0.1) is 0 Å². The van der Waals surface area contributed by atoms with Crippen LogP contribution < -0.4 is 5.32 Å². The summed E-state index contributed by atoms with van der Waals surface area (Å²) in [5.41, 5.74) is 3.25. The van der Waals surface area contributed by atoms with Crippen molar-refractivity contribution in [3.05, 3.63) is 30.6 Å². The lowest BCUT2D eigenvalue weighted by atomic mass is 10.2. The summed E-state index contributed by atoms with van der Waals surface area (Å²) in [6.07, 6.45) is 8.61. The number of anilines is 1.